The lowest BCUT2D eigenvalue weighted by Crippen LogP contribution is -2.45. The van der Waals surface area contributed by atoms with E-state index in [1.165, 1.54) is 7.11 Å². The van der Waals surface area contributed by atoms with Crippen LogP contribution in [0.25, 0.3) is 0 Å². The van der Waals surface area contributed by atoms with E-state index in [4.69, 9.17) is 4.74 Å². The maximum absolute atomic E-state index is 12.1. The molecule has 1 saturated heterocycles. The Hall–Kier alpha value is -1.88. The van der Waals surface area contributed by atoms with Crippen LogP contribution in [-0.4, -0.2) is 38.1 Å². The van der Waals surface area contributed by atoms with Crippen molar-refractivity contribution in [1.82, 2.24) is 10.6 Å². The zero-order chi connectivity index (χ0) is 14.4. The summed E-state index contributed by atoms with van der Waals surface area (Å²) in [5, 5.41) is 5.95. The second-order valence-electron chi connectivity index (χ2n) is 4.96. The van der Waals surface area contributed by atoms with E-state index in [-0.39, 0.29) is 11.8 Å². The fourth-order valence-corrected chi connectivity index (χ4v) is 2.35. The van der Waals surface area contributed by atoms with Crippen molar-refractivity contribution in [2.45, 2.75) is 18.9 Å². The number of esters is 1. The number of nitrogens with one attached hydrogen (secondary N) is 2. The summed E-state index contributed by atoms with van der Waals surface area (Å²) >= 11 is 0. The van der Waals surface area contributed by atoms with Crippen molar-refractivity contribution in [3.8, 4) is 0 Å². The third-order valence-corrected chi connectivity index (χ3v) is 3.52. The molecule has 0 radical (unpaired) electrons. The first kappa shape index (κ1) is 14.5. The quantitative estimate of drug-likeness (QED) is 0.768. The molecule has 1 aromatic rings. The first-order chi connectivity index (χ1) is 9.70. The Morgan fingerprint density at radius 2 is 2.15 bits per heavy atom. The molecule has 1 fully saturated rings. The fourth-order valence-electron chi connectivity index (χ4n) is 2.35. The van der Waals surface area contributed by atoms with Gasteiger partial charge in [0.2, 0.25) is 5.91 Å². The van der Waals surface area contributed by atoms with Crippen LogP contribution in [-0.2, 0) is 20.7 Å². The molecule has 2 rings (SSSR count). The van der Waals surface area contributed by atoms with Gasteiger partial charge >= 0.3 is 5.97 Å². The van der Waals surface area contributed by atoms with Gasteiger partial charge < -0.3 is 15.4 Å². The zero-order valence-electron chi connectivity index (χ0n) is 11.6. The molecule has 1 amide bonds. The van der Waals surface area contributed by atoms with Crippen molar-refractivity contribution in [1.29, 1.82) is 0 Å². The summed E-state index contributed by atoms with van der Waals surface area (Å²) in [6, 6.07) is 8.96. The number of carbonyl (C=O) groups excluding carboxylic acids is 2. The molecule has 0 saturated carbocycles. The molecule has 2 unspecified atom stereocenters. The van der Waals surface area contributed by atoms with Crippen LogP contribution in [0.5, 0.6) is 0 Å². The first-order valence-corrected chi connectivity index (χ1v) is 6.83. The number of carbonyl (C=O) groups is 2. The van der Waals surface area contributed by atoms with Crippen LogP contribution in [0, 0.1) is 5.92 Å². The second kappa shape index (κ2) is 7.05. The maximum Gasteiger partial charge on any atom is 0.328 e. The van der Waals surface area contributed by atoms with Crippen molar-refractivity contribution in [3.05, 3.63) is 35.9 Å². The maximum atomic E-state index is 12.1. The first-order valence-electron chi connectivity index (χ1n) is 6.83. The van der Waals surface area contributed by atoms with E-state index < -0.39 is 12.0 Å². The molecule has 5 nitrogen and oxygen atoms in total. The van der Waals surface area contributed by atoms with Crippen LogP contribution in [0.2, 0.25) is 0 Å². The Balaban J connectivity index is 2.00. The summed E-state index contributed by atoms with van der Waals surface area (Å²) in [6.45, 7) is 1.52. The molecule has 0 spiro atoms. The Morgan fingerprint density at radius 3 is 2.75 bits per heavy atom. The lowest BCUT2D eigenvalue weighted by Gasteiger charge is -2.18. The minimum absolute atomic E-state index is 0.0575. The highest BCUT2D eigenvalue weighted by molar-refractivity contribution is 5.86. The number of hydrogen-bond acceptors (Lipinski definition) is 4. The summed E-state index contributed by atoms with van der Waals surface area (Å²) in [7, 11) is 1.34. The van der Waals surface area contributed by atoms with Crippen LogP contribution < -0.4 is 10.6 Å². The van der Waals surface area contributed by atoms with Crippen LogP contribution in [0.15, 0.2) is 30.3 Å². The molecule has 2 N–H and O–H groups in total. The zero-order valence-corrected chi connectivity index (χ0v) is 11.6. The number of amides is 1. The van der Waals surface area contributed by atoms with E-state index in [0.717, 1.165) is 18.5 Å². The van der Waals surface area contributed by atoms with Gasteiger partial charge in [-0.05, 0) is 18.5 Å². The van der Waals surface area contributed by atoms with Crippen molar-refractivity contribution >= 4 is 11.9 Å². The van der Waals surface area contributed by atoms with E-state index in [2.05, 4.69) is 10.6 Å². The van der Waals surface area contributed by atoms with E-state index in [1.54, 1.807) is 0 Å². The van der Waals surface area contributed by atoms with Crippen molar-refractivity contribution < 1.29 is 14.3 Å². The molecular weight excluding hydrogens is 256 g/mol. The molecule has 0 aromatic heterocycles. The highest BCUT2D eigenvalue weighted by atomic mass is 16.5. The monoisotopic (exact) mass is 276 g/mol. The summed E-state index contributed by atoms with van der Waals surface area (Å²) in [5.41, 5.74) is 0.993. The molecule has 1 heterocycles. The van der Waals surface area contributed by atoms with Gasteiger partial charge in [-0.25, -0.2) is 4.79 Å². The van der Waals surface area contributed by atoms with Gasteiger partial charge in [0.25, 0.3) is 0 Å². The van der Waals surface area contributed by atoms with Crippen molar-refractivity contribution in [3.63, 3.8) is 0 Å². The van der Waals surface area contributed by atoms with Gasteiger partial charge in [0, 0.05) is 13.0 Å². The van der Waals surface area contributed by atoms with Crippen molar-refractivity contribution in [2.75, 3.05) is 20.2 Å². The van der Waals surface area contributed by atoms with Gasteiger partial charge in [0.15, 0.2) is 0 Å². The van der Waals surface area contributed by atoms with Gasteiger partial charge in [-0.2, -0.15) is 0 Å². The largest absolute Gasteiger partial charge is 0.467 e. The highest BCUT2D eigenvalue weighted by Gasteiger charge is 2.28. The standard InChI is InChI=1S/C15H20N2O3/c1-20-15(19)13(9-11-5-3-2-4-6-11)17-14(18)12-7-8-16-10-12/h2-6,12-13,16H,7-10H2,1H3,(H,17,18). The third kappa shape index (κ3) is 3.81. The number of methoxy groups -OCH3 is 1. The number of ether oxygens (including phenoxy) is 1. The Labute approximate surface area is 118 Å². The number of rotatable bonds is 5. The summed E-state index contributed by atoms with van der Waals surface area (Å²) in [5.74, 6) is -0.549. The molecule has 1 aliphatic rings. The minimum Gasteiger partial charge on any atom is -0.467 e. The highest BCUT2D eigenvalue weighted by Crippen LogP contribution is 2.10. The predicted molar refractivity (Wildman–Crippen MR) is 75.1 cm³/mol. The number of hydrogen-bond donors (Lipinski definition) is 2. The summed E-state index contributed by atoms with van der Waals surface area (Å²) in [4.78, 5) is 23.9. The smallest absolute Gasteiger partial charge is 0.328 e. The molecule has 2 atom stereocenters. The molecule has 0 aliphatic carbocycles. The minimum atomic E-state index is -0.629. The lowest BCUT2D eigenvalue weighted by atomic mass is 10.0. The Bertz CT molecular complexity index is 455. The Kier molecular flexibility index (Phi) is 5.12. The van der Waals surface area contributed by atoms with Gasteiger partial charge in [0.1, 0.15) is 6.04 Å². The molecule has 108 valence electrons. The molecular formula is C15H20N2O3. The average molecular weight is 276 g/mol. The number of benzene rings is 1. The molecule has 20 heavy (non-hydrogen) atoms. The topological polar surface area (TPSA) is 67.4 Å². The van der Waals surface area contributed by atoms with E-state index in [1.807, 2.05) is 30.3 Å². The van der Waals surface area contributed by atoms with Crippen LogP contribution in [0.3, 0.4) is 0 Å². The molecule has 1 aromatic carbocycles. The fraction of sp³-hybridized carbons (Fsp3) is 0.467. The third-order valence-electron chi connectivity index (χ3n) is 3.52. The van der Waals surface area contributed by atoms with Gasteiger partial charge in [-0.3, -0.25) is 4.79 Å². The lowest BCUT2D eigenvalue weighted by molar-refractivity contribution is -0.145. The normalized spacial score (nSPS) is 19.4. The van der Waals surface area contributed by atoms with Gasteiger partial charge in [-0.1, -0.05) is 30.3 Å². The van der Waals surface area contributed by atoms with Crippen LogP contribution in [0.1, 0.15) is 12.0 Å². The van der Waals surface area contributed by atoms with Crippen LogP contribution in [0.4, 0.5) is 0 Å². The Morgan fingerprint density at radius 1 is 1.40 bits per heavy atom. The van der Waals surface area contributed by atoms with Gasteiger partial charge in [0.05, 0.1) is 13.0 Å². The predicted octanol–water partition coefficient (Wildman–Crippen LogP) is 0.496. The summed E-state index contributed by atoms with van der Waals surface area (Å²) < 4.78 is 4.78. The van der Waals surface area contributed by atoms with E-state index in [0.29, 0.717) is 13.0 Å². The summed E-state index contributed by atoms with van der Waals surface area (Å²) in [6.07, 6.45) is 1.25. The SMILES string of the molecule is COC(=O)C(Cc1ccccc1)NC(=O)C1CCNC1. The average Bonchev–Trinajstić information content (AvgIpc) is 3.01. The second-order valence-corrected chi connectivity index (χ2v) is 4.96. The van der Waals surface area contributed by atoms with E-state index >= 15 is 0 Å². The van der Waals surface area contributed by atoms with Crippen LogP contribution >= 0.6 is 0 Å². The van der Waals surface area contributed by atoms with E-state index in [9.17, 15) is 9.59 Å². The van der Waals surface area contributed by atoms with Gasteiger partial charge in [-0.15, -0.1) is 0 Å². The van der Waals surface area contributed by atoms with Crippen molar-refractivity contribution in [2.24, 2.45) is 5.92 Å². The molecule has 0 bridgehead atoms. The molecule has 5 heteroatoms. The molecule has 1 aliphatic heterocycles.